The standard InChI is InChI=1S/C20H21NOS/c1-2-17(14-4-5-23-12-14)18-8-20(22-19(18)3-1)15-6-13-7-16(20)11-21(9-13)10-15/h1-5,12-13,15-16H,6-11H2. The van der Waals surface area contributed by atoms with Crippen LogP contribution in [0.15, 0.2) is 35.0 Å². The highest BCUT2D eigenvalue weighted by Crippen LogP contribution is 2.56. The summed E-state index contributed by atoms with van der Waals surface area (Å²) >= 11 is 1.78. The molecule has 4 aliphatic heterocycles. The number of nitrogens with zero attached hydrogens (tertiary/aromatic N) is 1. The van der Waals surface area contributed by atoms with Crippen molar-refractivity contribution in [3.8, 4) is 16.9 Å². The Labute approximate surface area is 141 Å². The summed E-state index contributed by atoms with van der Waals surface area (Å²) < 4.78 is 6.79. The lowest BCUT2D eigenvalue weighted by molar-refractivity contribution is -0.158. The molecular formula is C20H21NOS. The summed E-state index contributed by atoms with van der Waals surface area (Å²) in [4.78, 5) is 2.70. The molecule has 4 bridgehead atoms. The molecule has 3 heteroatoms. The predicted molar refractivity (Wildman–Crippen MR) is 93.0 cm³/mol. The molecule has 2 nitrogen and oxygen atoms in total. The molecule has 23 heavy (non-hydrogen) atoms. The van der Waals surface area contributed by atoms with Gasteiger partial charge in [-0.05, 0) is 52.8 Å². The van der Waals surface area contributed by atoms with Crippen molar-refractivity contribution in [2.75, 3.05) is 19.6 Å². The van der Waals surface area contributed by atoms with Gasteiger partial charge in [-0.2, -0.15) is 11.3 Å². The van der Waals surface area contributed by atoms with Gasteiger partial charge in [-0.15, -0.1) is 0 Å². The van der Waals surface area contributed by atoms with Crippen LogP contribution in [0.2, 0.25) is 0 Å². The first-order valence-electron chi connectivity index (χ1n) is 8.88. The van der Waals surface area contributed by atoms with Crippen molar-refractivity contribution in [1.29, 1.82) is 0 Å². The molecule has 5 heterocycles. The Bertz CT molecular complexity index is 738. The summed E-state index contributed by atoms with van der Waals surface area (Å²) in [7, 11) is 0. The van der Waals surface area contributed by atoms with Gasteiger partial charge >= 0.3 is 0 Å². The third-order valence-corrected chi connectivity index (χ3v) is 7.49. The minimum absolute atomic E-state index is 0.0991. The summed E-state index contributed by atoms with van der Waals surface area (Å²) in [6.07, 6.45) is 3.90. The molecule has 7 rings (SSSR count). The van der Waals surface area contributed by atoms with Crippen LogP contribution in [0, 0.1) is 17.8 Å². The average Bonchev–Trinajstić information content (AvgIpc) is 3.20. The smallest absolute Gasteiger partial charge is 0.124 e. The SMILES string of the molecule is c1cc2c(c(-c3ccsc3)c1)CC1(O2)C2CC3CC1CN(C3)C2. The molecule has 2 unspecified atom stereocenters. The van der Waals surface area contributed by atoms with Crippen molar-refractivity contribution in [3.63, 3.8) is 0 Å². The molecule has 1 saturated carbocycles. The Balaban J connectivity index is 1.45. The van der Waals surface area contributed by atoms with Gasteiger partial charge in [-0.3, -0.25) is 0 Å². The van der Waals surface area contributed by atoms with Gasteiger partial charge < -0.3 is 9.64 Å². The zero-order valence-electron chi connectivity index (χ0n) is 13.2. The number of benzene rings is 1. The minimum atomic E-state index is 0.0991. The maximum Gasteiger partial charge on any atom is 0.124 e. The van der Waals surface area contributed by atoms with Crippen LogP contribution in [0.5, 0.6) is 5.75 Å². The molecular weight excluding hydrogens is 302 g/mol. The Morgan fingerprint density at radius 3 is 2.70 bits per heavy atom. The molecule has 1 spiro atoms. The summed E-state index contributed by atoms with van der Waals surface area (Å²) in [6, 6.07) is 8.90. The van der Waals surface area contributed by atoms with E-state index in [-0.39, 0.29) is 5.60 Å². The highest BCUT2D eigenvalue weighted by atomic mass is 32.1. The Kier molecular flexibility index (Phi) is 2.49. The highest BCUT2D eigenvalue weighted by Gasteiger charge is 2.60. The van der Waals surface area contributed by atoms with E-state index in [2.05, 4.69) is 39.9 Å². The zero-order chi connectivity index (χ0) is 15.0. The summed E-state index contributed by atoms with van der Waals surface area (Å²) in [5.41, 5.74) is 4.32. The molecule has 3 saturated heterocycles. The molecule has 0 radical (unpaired) electrons. The number of ether oxygens (including phenoxy) is 1. The molecule has 1 aromatic heterocycles. The fourth-order valence-corrected chi connectivity index (χ4v) is 6.61. The Morgan fingerprint density at radius 1 is 1.09 bits per heavy atom. The van der Waals surface area contributed by atoms with Crippen LogP contribution in [0.25, 0.3) is 11.1 Å². The van der Waals surface area contributed by atoms with Crippen molar-refractivity contribution < 1.29 is 4.74 Å². The predicted octanol–water partition coefficient (Wildman–Crippen LogP) is 4.06. The van der Waals surface area contributed by atoms with E-state index in [9.17, 15) is 0 Å². The summed E-state index contributed by atoms with van der Waals surface area (Å²) in [5.74, 6) is 3.56. The fraction of sp³-hybridized carbons (Fsp3) is 0.500. The van der Waals surface area contributed by atoms with Gasteiger partial charge in [0.2, 0.25) is 0 Å². The van der Waals surface area contributed by atoms with E-state index in [1.54, 1.807) is 11.3 Å². The number of hydrogen-bond donors (Lipinski definition) is 0. The molecule has 0 N–H and O–H groups in total. The van der Waals surface area contributed by atoms with E-state index in [4.69, 9.17) is 4.74 Å². The van der Waals surface area contributed by atoms with Crippen molar-refractivity contribution in [3.05, 3.63) is 40.6 Å². The summed E-state index contributed by atoms with van der Waals surface area (Å²) in [5, 5.41) is 4.44. The molecule has 2 aromatic rings. The number of thiophene rings is 1. The molecule has 5 aliphatic rings. The van der Waals surface area contributed by atoms with Gasteiger partial charge in [0.05, 0.1) is 0 Å². The van der Waals surface area contributed by atoms with Crippen LogP contribution in [0.3, 0.4) is 0 Å². The molecule has 118 valence electrons. The first-order chi connectivity index (χ1) is 11.3. The highest BCUT2D eigenvalue weighted by molar-refractivity contribution is 7.08. The lowest BCUT2D eigenvalue weighted by Crippen LogP contribution is -2.68. The van der Waals surface area contributed by atoms with Crippen molar-refractivity contribution >= 4 is 11.3 Å². The van der Waals surface area contributed by atoms with Gasteiger partial charge in [0.15, 0.2) is 0 Å². The van der Waals surface area contributed by atoms with Crippen molar-refractivity contribution in [2.45, 2.75) is 24.9 Å². The van der Waals surface area contributed by atoms with Crippen molar-refractivity contribution in [2.24, 2.45) is 17.8 Å². The van der Waals surface area contributed by atoms with E-state index in [0.29, 0.717) is 0 Å². The van der Waals surface area contributed by atoms with Crippen LogP contribution < -0.4 is 4.74 Å². The second-order valence-electron chi connectivity index (χ2n) is 7.98. The monoisotopic (exact) mass is 323 g/mol. The first kappa shape index (κ1) is 13.0. The second-order valence-corrected chi connectivity index (χ2v) is 8.76. The quantitative estimate of drug-likeness (QED) is 0.785. The normalized spacial score (nSPS) is 39.7. The largest absolute Gasteiger partial charge is 0.486 e. The minimum Gasteiger partial charge on any atom is -0.486 e. The lowest BCUT2D eigenvalue weighted by atomic mass is 9.58. The van der Waals surface area contributed by atoms with Crippen LogP contribution in [-0.2, 0) is 6.42 Å². The van der Waals surface area contributed by atoms with E-state index >= 15 is 0 Å². The number of piperidine rings is 3. The maximum atomic E-state index is 6.79. The van der Waals surface area contributed by atoms with E-state index in [1.807, 2.05) is 0 Å². The van der Waals surface area contributed by atoms with Crippen LogP contribution >= 0.6 is 11.3 Å². The van der Waals surface area contributed by atoms with E-state index < -0.39 is 0 Å². The van der Waals surface area contributed by atoms with Crippen LogP contribution in [0.1, 0.15) is 18.4 Å². The summed E-state index contributed by atoms with van der Waals surface area (Å²) in [6.45, 7) is 3.86. The third kappa shape index (κ3) is 1.67. The van der Waals surface area contributed by atoms with E-state index in [0.717, 1.165) is 29.9 Å². The van der Waals surface area contributed by atoms with Crippen LogP contribution in [0.4, 0.5) is 0 Å². The fourth-order valence-electron chi connectivity index (χ4n) is 5.96. The number of hydrogen-bond acceptors (Lipinski definition) is 3. The molecule has 2 atom stereocenters. The Morgan fingerprint density at radius 2 is 1.96 bits per heavy atom. The van der Waals surface area contributed by atoms with Crippen molar-refractivity contribution in [1.82, 2.24) is 4.90 Å². The van der Waals surface area contributed by atoms with Gasteiger partial charge in [0.1, 0.15) is 11.4 Å². The molecule has 1 aromatic carbocycles. The molecule has 0 amide bonds. The average molecular weight is 323 g/mol. The van der Waals surface area contributed by atoms with Gasteiger partial charge in [0.25, 0.3) is 0 Å². The topological polar surface area (TPSA) is 12.5 Å². The number of rotatable bonds is 1. The van der Waals surface area contributed by atoms with Crippen LogP contribution in [-0.4, -0.2) is 30.1 Å². The second kappa shape index (κ2) is 4.40. The zero-order valence-corrected chi connectivity index (χ0v) is 14.0. The molecule has 4 fully saturated rings. The van der Waals surface area contributed by atoms with Gasteiger partial charge in [-0.1, -0.05) is 12.1 Å². The third-order valence-electron chi connectivity index (χ3n) is 6.81. The first-order valence-corrected chi connectivity index (χ1v) is 9.82. The van der Waals surface area contributed by atoms with E-state index in [1.165, 1.54) is 49.2 Å². The van der Waals surface area contributed by atoms with Gasteiger partial charge in [0, 0.05) is 43.5 Å². The molecule has 1 aliphatic carbocycles. The van der Waals surface area contributed by atoms with Gasteiger partial charge in [-0.25, -0.2) is 0 Å². The lowest BCUT2D eigenvalue weighted by Gasteiger charge is -2.60. The maximum absolute atomic E-state index is 6.79. The Hall–Kier alpha value is -1.32. The number of fused-ring (bicyclic) bond motifs is 1.